The highest BCUT2D eigenvalue weighted by molar-refractivity contribution is 6.05. The number of methoxy groups -OCH3 is 1. The minimum Gasteiger partial charge on any atom is -0.497 e. The van der Waals surface area contributed by atoms with Crippen molar-refractivity contribution in [1.29, 1.82) is 0 Å². The first-order valence-electron chi connectivity index (χ1n) is 11.5. The Morgan fingerprint density at radius 1 is 0.941 bits per heavy atom. The number of nitrogens with one attached hydrogen (secondary N) is 1. The fourth-order valence-electron chi connectivity index (χ4n) is 4.52. The number of hydrogen-bond acceptors (Lipinski definition) is 6. The van der Waals surface area contributed by atoms with Gasteiger partial charge in [-0.1, -0.05) is 25.0 Å². The lowest BCUT2D eigenvalue weighted by Gasteiger charge is -2.19. The van der Waals surface area contributed by atoms with Gasteiger partial charge in [0, 0.05) is 17.8 Å². The van der Waals surface area contributed by atoms with E-state index in [1.165, 1.54) is 4.90 Å². The maximum atomic E-state index is 12.5. The molecule has 8 heteroatoms. The maximum absolute atomic E-state index is 12.5. The topological polar surface area (TPSA) is 102 Å². The Bertz CT molecular complexity index is 1040. The van der Waals surface area contributed by atoms with Gasteiger partial charge in [-0.05, 0) is 54.8 Å². The van der Waals surface area contributed by atoms with Gasteiger partial charge < -0.3 is 14.8 Å². The molecule has 0 aromatic heterocycles. The molecule has 0 bridgehead atoms. The van der Waals surface area contributed by atoms with E-state index in [2.05, 4.69) is 5.32 Å². The second kappa shape index (κ2) is 10.5. The summed E-state index contributed by atoms with van der Waals surface area (Å²) in [4.78, 5) is 50.8. The molecule has 2 aromatic carbocycles. The van der Waals surface area contributed by atoms with E-state index in [-0.39, 0.29) is 49.1 Å². The lowest BCUT2D eigenvalue weighted by atomic mass is 9.81. The highest BCUT2D eigenvalue weighted by atomic mass is 16.5. The Labute approximate surface area is 198 Å². The number of imide groups is 1. The zero-order chi connectivity index (χ0) is 24.1. The summed E-state index contributed by atoms with van der Waals surface area (Å²) >= 11 is 0. The smallest absolute Gasteiger partial charge is 0.307 e. The summed E-state index contributed by atoms with van der Waals surface area (Å²) in [5, 5.41) is 2.81. The summed E-state index contributed by atoms with van der Waals surface area (Å²) < 4.78 is 10.4. The molecule has 4 rings (SSSR count). The molecule has 2 aliphatic rings. The van der Waals surface area contributed by atoms with E-state index in [0.717, 1.165) is 31.2 Å². The first-order chi connectivity index (χ1) is 16.5. The quantitative estimate of drug-likeness (QED) is 0.474. The van der Waals surface area contributed by atoms with Crippen molar-refractivity contribution in [2.75, 3.05) is 19.0 Å². The van der Waals surface area contributed by atoms with Gasteiger partial charge in [-0.2, -0.15) is 0 Å². The Morgan fingerprint density at radius 3 is 2.15 bits per heavy atom. The molecule has 1 N–H and O–H groups in total. The number of benzene rings is 2. The third kappa shape index (κ3) is 5.27. The zero-order valence-electron chi connectivity index (χ0n) is 19.1. The largest absolute Gasteiger partial charge is 0.497 e. The molecule has 0 radical (unpaired) electrons. The van der Waals surface area contributed by atoms with Crippen LogP contribution in [0.5, 0.6) is 5.75 Å². The van der Waals surface area contributed by atoms with E-state index in [1.807, 2.05) is 0 Å². The van der Waals surface area contributed by atoms with Crippen LogP contribution in [0.2, 0.25) is 0 Å². The number of fused-ring (bicyclic) bond motifs is 1. The van der Waals surface area contributed by atoms with Crippen molar-refractivity contribution in [1.82, 2.24) is 4.90 Å². The van der Waals surface area contributed by atoms with E-state index >= 15 is 0 Å². The predicted molar refractivity (Wildman–Crippen MR) is 124 cm³/mol. The molecular formula is C26H28N2O6. The van der Waals surface area contributed by atoms with Crippen molar-refractivity contribution >= 4 is 29.4 Å². The Hall–Kier alpha value is -3.68. The van der Waals surface area contributed by atoms with Gasteiger partial charge >= 0.3 is 5.97 Å². The van der Waals surface area contributed by atoms with E-state index < -0.39 is 5.97 Å². The molecule has 1 aliphatic heterocycles. The predicted octanol–water partition coefficient (Wildman–Crippen LogP) is 3.56. The number of carbonyl (C=O) groups excluding carboxylic acids is 4. The Morgan fingerprint density at radius 2 is 1.56 bits per heavy atom. The fraction of sp³-hybridized carbons (Fsp3) is 0.385. The molecular weight excluding hydrogens is 436 g/mol. The van der Waals surface area contributed by atoms with Crippen molar-refractivity contribution in [2.45, 2.75) is 38.7 Å². The molecule has 2 fully saturated rings. The van der Waals surface area contributed by atoms with Crippen molar-refractivity contribution < 1.29 is 28.7 Å². The number of carbonyl (C=O) groups is 4. The summed E-state index contributed by atoms with van der Waals surface area (Å²) in [5.41, 5.74) is 1.85. The highest BCUT2D eigenvalue weighted by Gasteiger charge is 2.47. The fourth-order valence-corrected chi connectivity index (χ4v) is 4.52. The van der Waals surface area contributed by atoms with E-state index in [9.17, 15) is 19.2 Å². The van der Waals surface area contributed by atoms with Crippen molar-refractivity contribution in [3.8, 4) is 5.75 Å². The van der Waals surface area contributed by atoms with E-state index in [4.69, 9.17) is 9.47 Å². The summed E-state index contributed by atoms with van der Waals surface area (Å²) in [6.45, 7) is 0.111. The molecule has 2 aromatic rings. The number of hydrogen-bond donors (Lipinski definition) is 1. The van der Waals surface area contributed by atoms with Crippen molar-refractivity contribution in [3.05, 3.63) is 59.7 Å². The monoisotopic (exact) mass is 464 g/mol. The molecule has 34 heavy (non-hydrogen) atoms. The molecule has 0 spiro atoms. The summed E-state index contributed by atoms with van der Waals surface area (Å²) in [6.07, 6.45) is 3.42. The van der Waals surface area contributed by atoms with E-state index in [0.29, 0.717) is 17.0 Å². The van der Waals surface area contributed by atoms with Gasteiger partial charge in [0.2, 0.25) is 11.8 Å². The number of nitrogens with zero attached hydrogens (tertiary/aromatic N) is 1. The average Bonchev–Trinajstić information content (AvgIpc) is 3.11. The average molecular weight is 465 g/mol. The molecule has 178 valence electrons. The zero-order valence-corrected chi connectivity index (χ0v) is 19.1. The van der Waals surface area contributed by atoms with Crippen LogP contribution in [0.1, 0.15) is 48.0 Å². The first-order valence-corrected chi connectivity index (χ1v) is 11.5. The van der Waals surface area contributed by atoms with E-state index in [1.54, 1.807) is 55.6 Å². The molecule has 1 heterocycles. The highest BCUT2D eigenvalue weighted by Crippen LogP contribution is 2.38. The molecule has 1 saturated heterocycles. The molecule has 2 atom stereocenters. The van der Waals surface area contributed by atoms with Crippen LogP contribution < -0.4 is 10.1 Å². The normalized spacial score (nSPS) is 19.5. The standard InChI is InChI=1S/C26H28N2O6/c1-33-20-12-10-19(11-13-20)27-24(30)18-8-6-17(7-9-18)16-34-23(29)14-15-28-25(31)21-4-2-3-5-22(21)26(28)32/h6-13,21-22H,2-5,14-16H2,1H3,(H,27,30)/t21-,22-/m0/s1. The van der Waals surface area contributed by atoms with Gasteiger partial charge in [-0.25, -0.2) is 0 Å². The Kier molecular flexibility index (Phi) is 7.25. The second-order valence-electron chi connectivity index (χ2n) is 8.62. The Balaban J connectivity index is 1.23. The van der Waals surface area contributed by atoms with Crippen LogP contribution in [0.25, 0.3) is 0 Å². The molecule has 3 amide bonds. The SMILES string of the molecule is COc1ccc(NC(=O)c2ccc(COC(=O)CCN3C(=O)[C@H]4CCCC[C@@H]4C3=O)cc2)cc1. The van der Waals surface area contributed by atoms with Gasteiger partial charge in [0.05, 0.1) is 25.4 Å². The number of amides is 3. The van der Waals surface area contributed by atoms with Gasteiger partial charge in [-0.3, -0.25) is 24.1 Å². The van der Waals surface area contributed by atoms with Gasteiger partial charge in [-0.15, -0.1) is 0 Å². The number of rotatable bonds is 8. The van der Waals surface area contributed by atoms with Crippen LogP contribution in [-0.2, 0) is 25.7 Å². The third-order valence-electron chi connectivity index (χ3n) is 6.44. The second-order valence-corrected chi connectivity index (χ2v) is 8.62. The van der Waals surface area contributed by atoms with Gasteiger partial charge in [0.15, 0.2) is 0 Å². The number of esters is 1. The minimum atomic E-state index is -0.475. The lowest BCUT2D eigenvalue weighted by Crippen LogP contribution is -2.33. The van der Waals surface area contributed by atoms with Gasteiger partial charge in [0.25, 0.3) is 5.91 Å². The maximum Gasteiger partial charge on any atom is 0.307 e. The van der Waals surface area contributed by atoms with Crippen LogP contribution in [-0.4, -0.2) is 42.2 Å². The summed E-state index contributed by atoms with van der Waals surface area (Å²) in [6, 6.07) is 13.8. The van der Waals surface area contributed by atoms with Crippen LogP contribution in [0, 0.1) is 11.8 Å². The van der Waals surface area contributed by atoms with Crippen molar-refractivity contribution in [2.24, 2.45) is 11.8 Å². The van der Waals surface area contributed by atoms with Crippen LogP contribution in [0.3, 0.4) is 0 Å². The van der Waals surface area contributed by atoms with Crippen LogP contribution in [0.15, 0.2) is 48.5 Å². The molecule has 0 unspecified atom stereocenters. The third-order valence-corrected chi connectivity index (χ3v) is 6.44. The van der Waals surface area contributed by atoms with Crippen LogP contribution in [0.4, 0.5) is 5.69 Å². The molecule has 1 aliphatic carbocycles. The summed E-state index contributed by atoms with van der Waals surface area (Å²) in [5.74, 6) is -0.744. The summed E-state index contributed by atoms with van der Waals surface area (Å²) in [7, 11) is 1.58. The minimum absolute atomic E-state index is 0.0285. The number of likely N-dealkylation sites (tertiary alicyclic amines) is 1. The molecule has 8 nitrogen and oxygen atoms in total. The van der Waals surface area contributed by atoms with Gasteiger partial charge in [0.1, 0.15) is 12.4 Å². The van der Waals surface area contributed by atoms with Crippen LogP contribution >= 0.6 is 0 Å². The number of anilines is 1. The number of ether oxygens (including phenoxy) is 2. The first kappa shape index (κ1) is 23.5. The lowest BCUT2D eigenvalue weighted by molar-refractivity contribution is -0.146. The molecule has 1 saturated carbocycles. The van der Waals surface area contributed by atoms with Crippen molar-refractivity contribution in [3.63, 3.8) is 0 Å².